The first-order valence-corrected chi connectivity index (χ1v) is 7.66. The molecule has 1 aliphatic carbocycles. The van der Waals surface area contributed by atoms with Crippen molar-refractivity contribution in [3.63, 3.8) is 0 Å². The fraction of sp³-hybridized carbons (Fsp3) is 0.867. The zero-order chi connectivity index (χ0) is 13.8. The second kappa shape index (κ2) is 6.40. The van der Waals surface area contributed by atoms with Gasteiger partial charge in [0.25, 0.3) is 0 Å². The highest BCUT2D eigenvalue weighted by molar-refractivity contribution is 5.94. The highest BCUT2D eigenvalue weighted by Crippen LogP contribution is 2.26. The van der Waals surface area contributed by atoms with Gasteiger partial charge in [0.15, 0.2) is 0 Å². The van der Waals surface area contributed by atoms with Crippen molar-refractivity contribution in [2.45, 2.75) is 58.4 Å². The topological polar surface area (TPSA) is 49.4 Å². The van der Waals surface area contributed by atoms with Gasteiger partial charge in [0.05, 0.1) is 6.54 Å². The Morgan fingerprint density at radius 3 is 2.53 bits per heavy atom. The molecule has 2 rings (SSSR count). The predicted octanol–water partition coefficient (Wildman–Crippen LogP) is 1.94. The van der Waals surface area contributed by atoms with Crippen molar-refractivity contribution in [1.29, 1.82) is 0 Å². The van der Waals surface area contributed by atoms with Gasteiger partial charge in [-0.25, -0.2) is 0 Å². The molecule has 0 radical (unpaired) electrons. The Morgan fingerprint density at radius 2 is 1.89 bits per heavy atom. The maximum atomic E-state index is 12.3. The van der Waals surface area contributed by atoms with Crippen molar-refractivity contribution in [2.24, 2.45) is 11.8 Å². The van der Waals surface area contributed by atoms with Crippen LogP contribution in [0.2, 0.25) is 0 Å². The van der Waals surface area contributed by atoms with Crippen LogP contribution < -0.4 is 5.32 Å². The Kier molecular flexibility index (Phi) is 4.83. The van der Waals surface area contributed by atoms with E-state index >= 15 is 0 Å². The van der Waals surface area contributed by atoms with Crippen LogP contribution in [0.4, 0.5) is 0 Å². The molecule has 19 heavy (non-hydrogen) atoms. The molecule has 108 valence electrons. The van der Waals surface area contributed by atoms with Crippen LogP contribution in [-0.4, -0.2) is 35.8 Å². The molecule has 0 spiro atoms. The first kappa shape index (κ1) is 14.4. The molecule has 2 amide bonds. The quantitative estimate of drug-likeness (QED) is 0.845. The number of rotatable bonds is 4. The molecular formula is C15H26N2O2. The van der Waals surface area contributed by atoms with Crippen molar-refractivity contribution >= 4 is 11.8 Å². The highest BCUT2D eigenvalue weighted by atomic mass is 16.2. The Bertz CT molecular complexity index is 335. The molecule has 1 aliphatic heterocycles. The number of nitrogens with one attached hydrogen (secondary N) is 1. The molecule has 1 N–H and O–H groups in total. The average molecular weight is 266 g/mol. The molecule has 0 aromatic rings. The fourth-order valence-corrected chi connectivity index (χ4v) is 3.18. The summed E-state index contributed by atoms with van der Waals surface area (Å²) in [7, 11) is 0. The van der Waals surface area contributed by atoms with Crippen LogP contribution in [0.1, 0.15) is 52.4 Å². The van der Waals surface area contributed by atoms with E-state index < -0.39 is 0 Å². The van der Waals surface area contributed by atoms with Gasteiger partial charge in [0.1, 0.15) is 6.04 Å². The van der Waals surface area contributed by atoms with Crippen LogP contribution in [0, 0.1) is 11.8 Å². The smallest absolute Gasteiger partial charge is 0.245 e. The monoisotopic (exact) mass is 266 g/mol. The number of piperazine rings is 1. The first-order chi connectivity index (χ1) is 9.08. The summed E-state index contributed by atoms with van der Waals surface area (Å²) in [6.45, 7) is 4.95. The van der Waals surface area contributed by atoms with Crippen LogP contribution in [-0.2, 0) is 9.59 Å². The van der Waals surface area contributed by atoms with E-state index in [4.69, 9.17) is 0 Å². The van der Waals surface area contributed by atoms with Crippen molar-refractivity contribution < 1.29 is 9.59 Å². The third-order valence-electron chi connectivity index (χ3n) is 4.43. The molecule has 2 fully saturated rings. The fourth-order valence-electron chi connectivity index (χ4n) is 3.18. The molecule has 4 nitrogen and oxygen atoms in total. The maximum absolute atomic E-state index is 12.3. The van der Waals surface area contributed by atoms with Gasteiger partial charge in [0.2, 0.25) is 11.8 Å². The van der Waals surface area contributed by atoms with Crippen molar-refractivity contribution in [1.82, 2.24) is 10.2 Å². The van der Waals surface area contributed by atoms with Crippen LogP contribution in [0.25, 0.3) is 0 Å². The zero-order valence-corrected chi connectivity index (χ0v) is 12.2. The minimum atomic E-state index is -0.326. The second-order valence-electron chi connectivity index (χ2n) is 6.34. The lowest BCUT2D eigenvalue weighted by molar-refractivity contribution is -0.145. The number of carbonyl (C=O) groups excluding carboxylic acids is 2. The zero-order valence-electron chi connectivity index (χ0n) is 12.2. The van der Waals surface area contributed by atoms with Gasteiger partial charge >= 0.3 is 0 Å². The van der Waals surface area contributed by atoms with E-state index in [-0.39, 0.29) is 30.3 Å². The normalized spacial score (nSPS) is 25.8. The largest absolute Gasteiger partial charge is 0.343 e. The van der Waals surface area contributed by atoms with Gasteiger partial charge in [-0.15, -0.1) is 0 Å². The van der Waals surface area contributed by atoms with E-state index in [1.807, 2.05) is 13.8 Å². The van der Waals surface area contributed by atoms with Crippen molar-refractivity contribution in [2.75, 3.05) is 13.1 Å². The summed E-state index contributed by atoms with van der Waals surface area (Å²) >= 11 is 0. The third-order valence-corrected chi connectivity index (χ3v) is 4.43. The van der Waals surface area contributed by atoms with Crippen LogP contribution in [0.5, 0.6) is 0 Å². The summed E-state index contributed by atoms with van der Waals surface area (Å²) in [5, 5.41) is 2.80. The molecule has 0 aromatic carbocycles. The Morgan fingerprint density at radius 1 is 1.21 bits per heavy atom. The molecule has 1 saturated heterocycles. The molecule has 1 heterocycles. The molecule has 0 bridgehead atoms. The molecule has 2 aliphatic rings. The third kappa shape index (κ3) is 3.71. The lowest BCUT2D eigenvalue weighted by Gasteiger charge is -2.35. The molecule has 0 aromatic heterocycles. The number of carbonyl (C=O) groups is 2. The standard InChI is InChI=1S/C15H26N2O2/c1-11(2)14-15(19)17(10-13(18)16-14)9-8-12-6-4-3-5-7-12/h11-12,14H,3-10H2,1-2H3,(H,16,18). The summed E-state index contributed by atoms with van der Waals surface area (Å²) in [6.07, 6.45) is 7.66. The average Bonchev–Trinajstić information content (AvgIpc) is 2.40. The van der Waals surface area contributed by atoms with Gasteiger partial charge in [-0.3, -0.25) is 9.59 Å². The first-order valence-electron chi connectivity index (χ1n) is 7.66. The van der Waals surface area contributed by atoms with E-state index in [9.17, 15) is 9.59 Å². The number of nitrogens with zero attached hydrogens (tertiary/aromatic N) is 1. The van der Waals surface area contributed by atoms with E-state index in [2.05, 4.69) is 5.32 Å². The Balaban J connectivity index is 1.87. The Labute approximate surface area is 115 Å². The maximum Gasteiger partial charge on any atom is 0.245 e. The molecular weight excluding hydrogens is 240 g/mol. The minimum Gasteiger partial charge on any atom is -0.343 e. The minimum absolute atomic E-state index is 0.0121. The van der Waals surface area contributed by atoms with Gasteiger partial charge in [0, 0.05) is 6.54 Å². The van der Waals surface area contributed by atoms with Gasteiger partial charge in [-0.05, 0) is 18.3 Å². The molecule has 1 unspecified atom stereocenters. The van der Waals surface area contributed by atoms with E-state index in [0.717, 1.165) is 18.9 Å². The molecule has 4 heteroatoms. The number of amides is 2. The van der Waals surface area contributed by atoms with Gasteiger partial charge in [-0.1, -0.05) is 46.0 Å². The van der Waals surface area contributed by atoms with E-state index in [0.29, 0.717) is 0 Å². The summed E-state index contributed by atoms with van der Waals surface area (Å²) in [5.41, 5.74) is 0. The van der Waals surface area contributed by atoms with Crippen molar-refractivity contribution in [3.05, 3.63) is 0 Å². The number of hydrogen-bond acceptors (Lipinski definition) is 2. The summed E-state index contributed by atoms with van der Waals surface area (Å²) < 4.78 is 0. The summed E-state index contributed by atoms with van der Waals surface area (Å²) in [6, 6.07) is -0.326. The van der Waals surface area contributed by atoms with Crippen LogP contribution >= 0.6 is 0 Å². The highest BCUT2D eigenvalue weighted by Gasteiger charge is 2.34. The van der Waals surface area contributed by atoms with Crippen LogP contribution in [0.3, 0.4) is 0 Å². The predicted molar refractivity (Wildman–Crippen MR) is 74.5 cm³/mol. The second-order valence-corrected chi connectivity index (χ2v) is 6.34. The molecule has 1 saturated carbocycles. The van der Waals surface area contributed by atoms with Crippen molar-refractivity contribution in [3.8, 4) is 0 Å². The van der Waals surface area contributed by atoms with Crippen LogP contribution in [0.15, 0.2) is 0 Å². The van der Waals surface area contributed by atoms with E-state index in [1.165, 1.54) is 32.1 Å². The van der Waals surface area contributed by atoms with Gasteiger partial charge in [-0.2, -0.15) is 0 Å². The molecule has 1 atom stereocenters. The Hall–Kier alpha value is -1.06. The summed E-state index contributed by atoms with van der Waals surface area (Å²) in [5.74, 6) is 1.00. The summed E-state index contributed by atoms with van der Waals surface area (Å²) in [4.78, 5) is 25.7. The SMILES string of the molecule is CC(C)C1NC(=O)CN(CCC2CCCCC2)C1=O. The number of hydrogen-bond donors (Lipinski definition) is 1. The van der Waals surface area contributed by atoms with E-state index in [1.54, 1.807) is 4.90 Å². The lowest BCUT2D eigenvalue weighted by Crippen LogP contribution is -2.60. The lowest BCUT2D eigenvalue weighted by atomic mass is 9.87. The van der Waals surface area contributed by atoms with Gasteiger partial charge < -0.3 is 10.2 Å².